The lowest BCUT2D eigenvalue weighted by Crippen LogP contribution is -1.98. The van der Waals surface area contributed by atoms with E-state index < -0.39 is 0 Å². The van der Waals surface area contributed by atoms with Gasteiger partial charge in [-0.15, -0.1) is 0 Å². The molecule has 0 amide bonds. The maximum Gasteiger partial charge on any atom is 0.135 e. The first-order chi connectivity index (χ1) is 25.2. The molecule has 10 aromatic rings. The van der Waals surface area contributed by atoms with Gasteiger partial charge in [-0.25, -0.2) is 0 Å². The Bertz CT molecular complexity index is 2910. The third-order valence-corrected chi connectivity index (χ3v) is 10.7. The molecule has 0 aliphatic carbocycles. The molecule has 0 spiro atoms. The zero-order valence-corrected chi connectivity index (χ0v) is 27.7. The van der Waals surface area contributed by atoms with Gasteiger partial charge in [0.15, 0.2) is 0 Å². The number of hydrogen-bond donors (Lipinski definition) is 0. The number of hydrogen-bond acceptors (Lipinski definition) is 1. The Hall–Kier alpha value is -6.70. The van der Waals surface area contributed by atoms with Crippen molar-refractivity contribution in [2.24, 2.45) is 0 Å². The van der Waals surface area contributed by atoms with Crippen LogP contribution in [0.15, 0.2) is 182 Å². The largest absolute Gasteiger partial charge is 0.456 e. The Kier molecular flexibility index (Phi) is 6.02. The predicted octanol–water partition coefficient (Wildman–Crippen LogP) is 14.2. The summed E-state index contributed by atoms with van der Waals surface area (Å²) in [7, 11) is 0. The van der Waals surface area contributed by atoms with Gasteiger partial charge in [-0.1, -0.05) is 133 Å². The van der Waals surface area contributed by atoms with Crippen molar-refractivity contribution in [3.63, 3.8) is 0 Å². The second-order valence-electron chi connectivity index (χ2n) is 13.7. The second-order valence-corrected chi connectivity index (χ2v) is 13.7. The molecular weight excluding hydrogens is 617 g/mol. The third kappa shape index (κ3) is 4.42. The fourth-order valence-corrected chi connectivity index (χ4v) is 8.36. The van der Waals surface area contributed by atoms with Crippen molar-refractivity contribution in [2.45, 2.75) is 0 Å². The summed E-state index contributed by atoms with van der Waals surface area (Å²) in [6.45, 7) is 0. The quantitative estimate of drug-likeness (QED) is 0.173. The van der Waals surface area contributed by atoms with Gasteiger partial charge in [-0.2, -0.15) is 0 Å². The van der Waals surface area contributed by atoms with E-state index in [4.69, 9.17) is 4.74 Å². The van der Waals surface area contributed by atoms with Crippen molar-refractivity contribution in [1.82, 2.24) is 0 Å². The first kappa shape index (κ1) is 28.2. The van der Waals surface area contributed by atoms with Crippen molar-refractivity contribution in [2.75, 3.05) is 0 Å². The molecule has 51 heavy (non-hydrogen) atoms. The second kappa shape index (κ2) is 10.9. The van der Waals surface area contributed by atoms with E-state index in [0.29, 0.717) is 0 Å². The van der Waals surface area contributed by atoms with Crippen molar-refractivity contribution in [3.05, 3.63) is 182 Å². The summed E-state index contributed by atoms with van der Waals surface area (Å²) in [4.78, 5) is 0. The first-order valence-electron chi connectivity index (χ1n) is 17.6. The monoisotopic (exact) mass is 646 g/mol. The molecule has 236 valence electrons. The van der Waals surface area contributed by atoms with E-state index in [2.05, 4.69) is 182 Å². The molecule has 0 radical (unpaired) electrons. The molecule has 1 heterocycles. The molecule has 0 aromatic heterocycles. The molecule has 0 N–H and O–H groups in total. The minimum atomic E-state index is 0.895. The molecule has 1 heteroatoms. The van der Waals surface area contributed by atoms with E-state index in [-0.39, 0.29) is 0 Å². The molecule has 11 rings (SSSR count). The summed E-state index contributed by atoms with van der Waals surface area (Å²) in [6.07, 6.45) is 0. The van der Waals surface area contributed by atoms with E-state index >= 15 is 0 Å². The Morgan fingerprint density at radius 2 is 0.824 bits per heavy atom. The van der Waals surface area contributed by atoms with Gasteiger partial charge in [0.05, 0.1) is 0 Å². The molecule has 1 nitrogen and oxygen atoms in total. The Balaban J connectivity index is 1.10. The molecule has 1 aliphatic rings. The van der Waals surface area contributed by atoms with E-state index in [1.807, 2.05) is 0 Å². The van der Waals surface area contributed by atoms with Gasteiger partial charge >= 0.3 is 0 Å². The van der Waals surface area contributed by atoms with Crippen LogP contribution in [-0.4, -0.2) is 0 Å². The van der Waals surface area contributed by atoms with Crippen LogP contribution < -0.4 is 4.74 Å². The van der Waals surface area contributed by atoms with Gasteiger partial charge in [-0.3, -0.25) is 0 Å². The molecule has 0 saturated heterocycles. The molecule has 10 aromatic carbocycles. The van der Waals surface area contributed by atoms with Crippen LogP contribution in [0.25, 0.3) is 98.7 Å². The number of benzene rings is 10. The zero-order chi connectivity index (χ0) is 33.5. The lowest BCUT2D eigenvalue weighted by molar-refractivity contribution is 0.487. The first-order valence-corrected chi connectivity index (χ1v) is 17.6. The summed E-state index contributed by atoms with van der Waals surface area (Å²) >= 11 is 0. The van der Waals surface area contributed by atoms with Crippen LogP contribution in [0.2, 0.25) is 0 Å². The van der Waals surface area contributed by atoms with Gasteiger partial charge < -0.3 is 4.74 Å². The van der Waals surface area contributed by atoms with E-state index in [0.717, 1.165) is 28.0 Å². The third-order valence-electron chi connectivity index (χ3n) is 10.7. The van der Waals surface area contributed by atoms with Crippen LogP contribution in [0.1, 0.15) is 0 Å². The number of fused-ring (bicyclic) bond motifs is 2. The van der Waals surface area contributed by atoms with Gasteiger partial charge in [0.1, 0.15) is 11.5 Å². The zero-order valence-electron chi connectivity index (χ0n) is 27.7. The van der Waals surface area contributed by atoms with Crippen molar-refractivity contribution >= 4 is 43.1 Å². The lowest BCUT2D eigenvalue weighted by atomic mass is 9.87. The Morgan fingerprint density at radius 3 is 1.55 bits per heavy atom. The van der Waals surface area contributed by atoms with Crippen molar-refractivity contribution in [1.29, 1.82) is 0 Å². The standard InChI is InChI=1S/C50H30O/c1-3-9-31(10-4-1)35-21-22-43-45-16-8-15-44-42(23-24-46(50(44)45)51-47(43)30-35)41-28-38(32-11-5-2-6-12-32)27-40(29-41)39-25-36-19-17-33-13-7-14-34-18-20-37(26-39)49(36)48(33)34/h1-30H. The molecular formula is C50H30O. The smallest absolute Gasteiger partial charge is 0.135 e. The SMILES string of the molecule is c1ccc(-c2cc(-c3cc4ccc5cccc6ccc(c3)c4c56)cc(-c3ccc4c5c(cccc35)-c3ccc(-c5ccccc5)cc3O4)c2)cc1. The Labute approximate surface area is 296 Å². The topological polar surface area (TPSA) is 9.23 Å². The van der Waals surface area contributed by atoms with Gasteiger partial charge in [0, 0.05) is 10.9 Å². The van der Waals surface area contributed by atoms with Crippen LogP contribution in [0, 0.1) is 0 Å². The highest BCUT2D eigenvalue weighted by Gasteiger charge is 2.23. The van der Waals surface area contributed by atoms with Crippen LogP contribution in [0.5, 0.6) is 11.5 Å². The van der Waals surface area contributed by atoms with E-state index in [1.54, 1.807) is 0 Å². The summed E-state index contributed by atoms with van der Waals surface area (Å²) in [5.41, 5.74) is 11.9. The van der Waals surface area contributed by atoms with Crippen LogP contribution in [0.4, 0.5) is 0 Å². The molecule has 0 atom stereocenters. The van der Waals surface area contributed by atoms with Crippen LogP contribution in [-0.2, 0) is 0 Å². The van der Waals surface area contributed by atoms with E-state index in [9.17, 15) is 0 Å². The molecule has 0 fully saturated rings. The minimum Gasteiger partial charge on any atom is -0.456 e. The molecule has 0 saturated carbocycles. The highest BCUT2D eigenvalue weighted by molar-refractivity contribution is 6.23. The normalized spacial score (nSPS) is 12.1. The average Bonchev–Trinajstić information content (AvgIpc) is 3.20. The van der Waals surface area contributed by atoms with Crippen molar-refractivity contribution in [3.8, 4) is 67.1 Å². The van der Waals surface area contributed by atoms with Gasteiger partial charge in [0.25, 0.3) is 0 Å². The highest BCUT2D eigenvalue weighted by Crippen LogP contribution is 2.50. The average molecular weight is 647 g/mol. The fourth-order valence-electron chi connectivity index (χ4n) is 8.36. The summed E-state index contributed by atoms with van der Waals surface area (Å²) in [6, 6.07) is 66.3. The maximum absolute atomic E-state index is 6.68. The lowest BCUT2D eigenvalue weighted by Gasteiger charge is -2.23. The predicted molar refractivity (Wildman–Crippen MR) is 215 cm³/mol. The van der Waals surface area contributed by atoms with Gasteiger partial charge in [0.2, 0.25) is 0 Å². The minimum absolute atomic E-state index is 0.895. The maximum atomic E-state index is 6.68. The fraction of sp³-hybridized carbons (Fsp3) is 0. The molecule has 0 unspecified atom stereocenters. The number of rotatable bonds is 4. The van der Waals surface area contributed by atoms with Crippen LogP contribution in [0.3, 0.4) is 0 Å². The molecule has 0 bridgehead atoms. The van der Waals surface area contributed by atoms with Crippen LogP contribution >= 0.6 is 0 Å². The van der Waals surface area contributed by atoms with Gasteiger partial charge in [-0.05, 0) is 136 Å². The summed E-state index contributed by atoms with van der Waals surface area (Å²) in [5.74, 6) is 1.79. The van der Waals surface area contributed by atoms with E-state index in [1.165, 1.54) is 82.2 Å². The van der Waals surface area contributed by atoms with Crippen molar-refractivity contribution < 1.29 is 4.74 Å². The summed E-state index contributed by atoms with van der Waals surface area (Å²) in [5, 5.41) is 10.2. The summed E-state index contributed by atoms with van der Waals surface area (Å²) < 4.78 is 6.68. The molecule has 1 aliphatic heterocycles. The number of ether oxygens (including phenoxy) is 1. The Morgan fingerprint density at radius 1 is 0.255 bits per heavy atom. The highest BCUT2D eigenvalue weighted by atomic mass is 16.5.